The fourth-order valence-corrected chi connectivity index (χ4v) is 6.63. The number of benzene rings is 3. The van der Waals surface area contributed by atoms with Gasteiger partial charge in [-0.3, -0.25) is 0 Å². The van der Waals surface area contributed by atoms with Gasteiger partial charge in [-0.2, -0.15) is 0 Å². The molecule has 1 N–H and O–H groups in total. The summed E-state index contributed by atoms with van der Waals surface area (Å²) in [7, 11) is 1.69. The van der Waals surface area contributed by atoms with Gasteiger partial charge in [-0.1, -0.05) is 81.7 Å². The minimum Gasteiger partial charge on any atom is -0.491 e. The summed E-state index contributed by atoms with van der Waals surface area (Å²) >= 11 is 0. The van der Waals surface area contributed by atoms with E-state index in [0.717, 1.165) is 30.3 Å². The van der Waals surface area contributed by atoms with Crippen LogP contribution in [0.2, 0.25) is 0 Å². The predicted molar refractivity (Wildman–Crippen MR) is 194 cm³/mol. The molecule has 1 aliphatic rings. The van der Waals surface area contributed by atoms with Crippen molar-refractivity contribution in [3.63, 3.8) is 0 Å². The molecule has 0 amide bonds. The van der Waals surface area contributed by atoms with Crippen molar-refractivity contribution in [2.24, 2.45) is 5.92 Å². The van der Waals surface area contributed by atoms with Gasteiger partial charge in [0.15, 0.2) is 0 Å². The Labute approximate surface area is 288 Å². The molecule has 1 aliphatic carbocycles. The topological polar surface area (TPSA) is 74.2 Å². The molecule has 0 unspecified atom stereocenters. The van der Waals surface area contributed by atoms with Crippen molar-refractivity contribution in [2.75, 3.05) is 40.1 Å². The summed E-state index contributed by atoms with van der Waals surface area (Å²) in [6, 6.07) is 23.9. The third-order valence-electron chi connectivity index (χ3n) is 9.58. The number of hydrogen-bond donors (Lipinski definition) is 1. The third-order valence-corrected chi connectivity index (χ3v) is 9.58. The molecule has 0 aliphatic heterocycles. The monoisotopic (exact) mass is 656 g/mol. The van der Waals surface area contributed by atoms with Crippen molar-refractivity contribution in [1.29, 1.82) is 0 Å². The number of aryl methyl sites for hydroxylation is 2. The summed E-state index contributed by atoms with van der Waals surface area (Å²) < 4.78 is 21.6. The van der Waals surface area contributed by atoms with E-state index in [4.69, 9.17) is 24.1 Å². The average molecular weight is 657 g/mol. The van der Waals surface area contributed by atoms with E-state index in [0.29, 0.717) is 19.1 Å². The molecule has 3 aromatic rings. The lowest BCUT2D eigenvalue weighted by molar-refractivity contribution is -0.140. The van der Waals surface area contributed by atoms with E-state index in [2.05, 4.69) is 68.1 Å². The van der Waals surface area contributed by atoms with E-state index in [1.54, 1.807) is 7.11 Å². The summed E-state index contributed by atoms with van der Waals surface area (Å²) in [6.07, 6.45) is 15.1. The van der Waals surface area contributed by atoms with Crippen molar-refractivity contribution >= 4 is 5.97 Å². The molecule has 260 valence electrons. The van der Waals surface area contributed by atoms with Crippen LogP contribution in [0, 0.1) is 5.92 Å². The number of methoxy groups -OCH3 is 1. The fourth-order valence-electron chi connectivity index (χ4n) is 6.63. The Kier molecular flexibility index (Phi) is 16.0. The smallest absolute Gasteiger partial charge is 0.335 e. The summed E-state index contributed by atoms with van der Waals surface area (Å²) in [4.78, 5) is 11.6. The number of carbonyl (C=O) groups excluding carboxylic acids is 1. The van der Waals surface area contributed by atoms with Gasteiger partial charge in [-0.15, -0.1) is 0 Å². The van der Waals surface area contributed by atoms with Crippen molar-refractivity contribution in [2.45, 2.75) is 89.9 Å². The lowest BCUT2D eigenvalue weighted by atomic mass is 9.76. The Morgan fingerprint density at radius 1 is 0.750 bits per heavy atom. The highest BCUT2D eigenvalue weighted by Gasteiger charge is 2.22. The maximum atomic E-state index is 11.6. The lowest BCUT2D eigenvalue weighted by Gasteiger charge is -2.29. The number of aliphatic hydroxyl groups excluding tert-OH is 1. The number of rotatable bonds is 21. The van der Waals surface area contributed by atoms with Gasteiger partial charge in [-0.05, 0) is 115 Å². The van der Waals surface area contributed by atoms with Crippen molar-refractivity contribution in [3.05, 3.63) is 95.6 Å². The Hall–Kier alpha value is -3.61. The molecular formula is C42H56O6. The first kappa shape index (κ1) is 37.2. The summed E-state index contributed by atoms with van der Waals surface area (Å²) in [5.74, 6) is 2.49. The van der Waals surface area contributed by atoms with E-state index in [1.165, 1.54) is 92.0 Å². The number of unbranched alkanes of at least 4 members (excludes halogenated alkanes) is 4. The van der Waals surface area contributed by atoms with Crippen LogP contribution in [0.1, 0.15) is 93.7 Å². The van der Waals surface area contributed by atoms with Crippen molar-refractivity contribution < 1.29 is 28.8 Å². The van der Waals surface area contributed by atoms with Crippen molar-refractivity contribution in [3.8, 4) is 22.6 Å². The second-order valence-corrected chi connectivity index (χ2v) is 13.1. The second-order valence-electron chi connectivity index (χ2n) is 13.1. The molecule has 0 heterocycles. The van der Waals surface area contributed by atoms with Gasteiger partial charge in [0.25, 0.3) is 0 Å². The first-order valence-electron chi connectivity index (χ1n) is 18.0. The molecule has 0 saturated heterocycles. The van der Waals surface area contributed by atoms with Gasteiger partial charge in [0.2, 0.25) is 0 Å². The largest absolute Gasteiger partial charge is 0.491 e. The molecule has 0 aromatic heterocycles. The first-order valence-corrected chi connectivity index (χ1v) is 18.0. The van der Waals surface area contributed by atoms with Gasteiger partial charge >= 0.3 is 5.97 Å². The van der Waals surface area contributed by atoms with Crippen LogP contribution >= 0.6 is 0 Å². The van der Waals surface area contributed by atoms with Crippen LogP contribution in [-0.4, -0.2) is 51.2 Å². The molecule has 48 heavy (non-hydrogen) atoms. The van der Waals surface area contributed by atoms with Crippen LogP contribution in [0.5, 0.6) is 11.5 Å². The molecule has 0 bridgehead atoms. The number of ether oxygens (including phenoxy) is 4. The normalized spacial score (nSPS) is 16.0. The standard InChI is InChI=1S/C42H56O6/c1-4-5-6-7-8-9-38-30-39(37-20-24-41(25-21-37)47-28-29-48-42(44)32(2)31-43)17-16-36(38)15-12-33-10-13-34(14-11-33)35-18-22-40(23-19-35)46-27-26-45-3/h16-25,30,33-34,43H,2,4-15,26-29,31H2,1,3H3. The highest BCUT2D eigenvalue weighted by molar-refractivity contribution is 5.87. The minimum atomic E-state index is -0.601. The van der Waals surface area contributed by atoms with Gasteiger partial charge in [0.1, 0.15) is 31.3 Å². The van der Waals surface area contributed by atoms with Gasteiger partial charge in [0, 0.05) is 7.11 Å². The van der Waals surface area contributed by atoms with Crippen LogP contribution in [0.4, 0.5) is 0 Å². The molecule has 6 heteroatoms. The van der Waals surface area contributed by atoms with Crippen LogP contribution in [-0.2, 0) is 27.1 Å². The number of hydrogen-bond acceptors (Lipinski definition) is 6. The number of carbonyl (C=O) groups is 1. The zero-order valence-corrected chi connectivity index (χ0v) is 29.2. The van der Waals surface area contributed by atoms with Crippen molar-refractivity contribution in [1.82, 2.24) is 0 Å². The van der Waals surface area contributed by atoms with Gasteiger partial charge in [0.05, 0.1) is 18.8 Å². The molecule has 1 saturated carbocycles. The summed E-state index contributed by atoms with van der Waals surface area (Å²) in [5, 5.41) is 8.98. The maximum Gasteiger partial charge on any atom is 0.335 e. The average Bonchev–Trinajstić information content (AvgIpc) is 3.13. The number of aliphatic hydroxyl groups is 1. The quantitative estimate of drug-likeness (QED) is 0.0700. The number of esters is 1. The van der Waals surface area contributed by atoms with Crippen LogP contribution < -0.4 is 9.47 Å². The Morgan fingerprint density at radius 2 is 1.40 bits per heavy atom. The zero-order chi connectivity index (χ0) is 34.0. The van der Waals surface area contributed by atoms with E-state index in [1.807, 2.05) is 12.1 Å². The van der Waals surface area contributed by atoms with E-state index in [9.17, 15) is 4.79 Å². The molecular weight excluding hydrogens is 600 g/mol. The molecule has 4 rings (SSSR count). The Balaban J connectivity index is 1.30. The fraction of sp³-hybridized carbons (Fsp3) is 0.500. The molecule has 0 spiro atoms. The molecule has 6 nitrogen and oxygen atoms in total. The Morgan fingerprint density at radius 3 is 2.06 bits per heavy atom. The molecule has 0 radical (unpaired) electrons. The SMILES string of the molecule is C=C(CO)C(=O)OCCOc1ccc(-c2ccc(CCC3CCC(c4ccc(OCCOC)cc4)CC3)c(CCCCCCC)c2)cc1. The molecule has 1 fully saturated rings. The highest BCUT2D eigenvalue weighted by Crippen LogP contribution is 2.38. The van der Waals surface area contributed by atoms with E-state index in [-0.39, 0.29) is 18.8 Å². The lowest BCUT2D eigenvalue weighted by Crippen LogP contribution is -2.14. The summed E-state index contributed by atoms with van der Waals surface area (Å²) in [5.41, 5.74) is 6.90. The van der Waals surface area contributed by atoms with Gasteiger partial charge < -0.3 is 24.1 Å². The predicted octanol–water partition coefficient (Wildman–Crippen LogP) is 9.27. The molecule has 3 aromatic carbocycles. The first-order chi connectivity index (χ1) is 23.5. The van der Waals surface area contributed by atoms with Crippen LogP contribution in [0.15, 0.2) is 78.9 Å². The summed E-state index contributed by atoms with van der Waals surface area (Å²) in [6.45, 7) is 6.86. The zero-order valence-electron chi connectivity index (χ0n) is 29.2. The second kappa shape index (κ2) is 20.7. The van der Waals surface area contributed by atoms with Gasteiger partial charge in [-0.25, -0.2) is 4.79 Å². The minimum absolute atomic E-state index is 0.0386. The highest BCUT2D eigenvalue weighted by atomic mass is 16.6. The molecule has 0 atom stereocenters. The Bertz CT molecular complexity index is 1370. The van der Waals surface area contributed by atoms with Crippen LogP contribution in [0.25, 0.3) is 11.1 Å². The van der Waals surface area contributed by atoms with Crippen LogP contribution in [0.3, 0.4) is 0 Å². The maximum absolute atomic E-state index is 11.6. The third kappa shape index (κ3) is 12.1. The van der Waals surface area contributed by atoms with E-state index >= 15 is 0 Å². The van der Waals surface area contributed by atoms with E-state index < -0.39 is 12.6 Å².